The summed E-state index contributed by atoms with van der Waals surface area (Å²) < 4.78 is 10.8. The molecule has 0 aromatic heterocycles. The Balaban J connectivity index is 1.16. The quantitative estimate of drug-likeness (QED) is 0.359. The summed E-state index contributed by atoms with van der Waals surface area (Å²) in [5.74, 6) is 1.16. The van der Waals surface area contributed by atoms with E-state index in [0.717, 1.165) is 22.4 Å². The van der Waals surface area contributed by atoms with E-state index in [2.05, 4.69) is 15.6 Å². The van der Waals surface area contributed by atoms with Crippen LogP contribution < -0.4 is 20.1 Å². The second-order valence-corrected chi connectivity index (χ2v) is 11.6. The number of fused-ring (bicyclic) bond motifs is 4. The molecule has 0 saturated carbocycles. The lowest BCUT2D eigenvalue weighted by molar-refractivity contribution is -0.122. The second-order valence-electron chi connectivity index (χ2n) is 10.4. The van der Waals surface area contributed by atoms with Gasteiger partial charge in [-0.25, -0.2) is 4.99 Å². The molecule has 3 aliphatic rings. The van der Waals surface area contributed by atoms with Crippen molar-refractivity contribution in [3.8, 4) is 11.5 Å². The fraction of sp³-hybridized carbons (Fsp3) is 0.281. The van der Waals surface area contributed by atoms with Crippen LogP contribution in [0.25, 0.3) is 0 Å². The molecule has 3 amide bonds. The van der Waals surface area contributed by atoms with Gasteiger partial charge in [0, 0.05) is 24.2 Å². The average Bonchev–Trinajstić information content (AvgIpc) is 3.61. The predicted octanol–water partition coefficient (Wildman–Crippen LogP) is 4.93. The minimum atomic E-state index is -0.705. The van der Waals surface area contributed by atoms with Gasteiger partial charge in [-0.3, -0.25) is 19.3 Å². The topological polar surface area (TPSA) is 122 Å². The van der Waals surface area contributed by atoms with Crippen molar-refractivity contribution in [2.75, 3.05) is 12.1 Å². The van der Waals surface area contributed by atoms with Crippen LogP contribution in [0.1, 0.15) is 42.9 Å². The zero-order chi connectivity index (χ0) is 29.9. The lowest BCUT2D eigenvalue weighted by Gasteiger charge is -2.32. The Bertz CT molecular complexity index is 1650. The summed E-state index contributed by atoms with van der Waals surface area (Å²) in [6, 6.07) is 20.0. The molecule has 3 heterocycles. The Labute approximate surface area is 253 Å². The number of nitrogens with zero attached hydrogens (tertiary/aromatic N) is 3. The number of anilines is 1. The van der Waals surface area contributed by atoms with Gasteiger partial charge in [0.1, 0.15) is 11.9 Å². The van der Waals surface area contributed by atoms with Gasteiger partial charge in [-0.05, 0) is 67.3 Å². The molecular formula is C32H31N5O5S. The molecule has 3 aliphatic heterocycles. The Morgan fingerprint density at radius 2 is 1.88 bits per heavy atom. The highest BCUT2D eigenvalue weighted by molar-refractivity contribution is 8.15. The largest absolute Gasteiger partial charge is 0.454 e. The van der Waals surface area contributed by atoms with Crippen molar-refractivity contribution in [2.45, 2.75) is 50.9 Å². The molecule has 11 heteroatoms. The van der Waals surface area contributed by atoms with Crippen LogP contribution in [0.3, 0.4) is 0 Å². The zero-order valence-electron chi connectivity index (χ0n) is 23.8. The number of ether oxygens (including phenoxy) is 2. The third-order valence-corrected chi connectivity index (χ3v) is 8.71. The number of carbonyl (C=O) groups is 3. The molecular weight excluding hydrogens is 566 g/mol. The molecule has 0 aliphatic carbocycles. The number of para-hydroxylation sites is 1. The van der Waals surface area contributed by atoms with Gasteiger partial charge in [0.05, 0.1) is 10.9 Å². The van der Waals surface area contributed by atoms with Crippen LogP contribution in [0, 0.1) is 6.92 Å². The summed E-state index contributed by atoms with van der Waals surface area (Å²) in [5.41, 5.74) is 4.08. The minimum absolute atomic E-state index is 0.116. The summed E-state index contributed by atoms with van der Waals surface area (Å²) in [6.07, 6.45) is 0.905. The molecule has 0 spiro atoms. The molecule has 0 bridgehead atoms. The van der Waals surface area contributed by atoms with E-state index in [1.54, 1.807) is 4.90 Å². The number of thioether (sulfide) groups is 1. The van der Waals surface area contributed by atoms with Gasteiger partial charge in [-0.1, -0.05) is 49.0 Å². The summed E-state index contributed by atoms with van der Waals surface area (Å²) >= 11 is 1.30. The Kier molecular flexibility index (Phi) is 8.15. The fourth-order valence-electron chi connectivity index (χ4n) is 5.16. The number of rotatable bonds is 9. The minimum Gasteiger partial charge on any atom is -0.454 e. The van der Waals surface area contributed by atoms with Crippen LogP contribution in [-0.4, -0.2) is 51.7 Å². The highest BCUT2D eigenvalue weighted by Gasteiger charge is 2.42. The molecule has 3 aromatic carbocycles. The lowest BCUT2D eigenvalue weighted by Crippen LogP contribution is -2.45. The second kappa shape index (κ2) is 12.3. The van der Waals surface area contributed by atoms with Crippen LogP contribution in [0.4, 0.5) is 11.4 Å². The molecule has 0 radical (unpaired) electrons. The van der Waals surface area contributed by atoms with Crippen molar-refractivity contribution in [3.63, 3.8) is 0 Å². The van der Waals surface area contributed by atoms with Crippen molar-refractivity contribution >= 4 is 51.9 Å². The number of nitrogens with one attached hydrogen (secondary N) is 2. The van der Waals surface area contributed by atoms with Gasteiger partial charge in [0.15, 0.2) is 16.7 Å². The fourth-order valence-corrected chi connectivity index (χ4v) is 6.23. The average molecular weight is 598 g/mol. The first kappa shape index (κ1) is 28.5. The van der Waals surface area contributed by atoms with E-state index in [4.69, 9.17) is 14.5 Å². The number of benzene rings is 3. The molecule has 2 unspecified atom stereocenters. The maximum atomic E-state index is 13.3. The van der Waals surface area contributed by atoms with Crippen LogP contribution >= 0.6 is 11.8 Å². The van der Waals surface area contributed by atoms with Crippen molar-refractivity contribution in [1.82, 2.24) is 10.2 Å². The highest BCUT2D eigenvalue weighted by Crippen LogP contribution is 2.37. The van der Waals surface area contributed by atoms with Gasteiger partial charge >= 0.3 is 0 Å². The summed E-state index contributed by atoms with van der Waals surface area (Å²) in [6.45, 7) is 4.42. The molecule has 0 fully saturated rings. The van der Waals surface area contributed by atoms with E-state index in [-0.39, 0.29) is 37.4 Å². The number of aryl methyl sites for hydroxylation is 1. The molecule has 220 valence electrons. The van der Waals surface area contributed by atoms with Crippen molar-refractivity contribution in [1.29, 1.82) is 0 Å². The first-order chi connectivity index (χ1) is 20.9. The van der Waals surface area contributed by atoms with Gasteiger partial charge < -0.3 is 20.1 Å². The lowest BCUT2D eigenvalue weighted by atomic mass is 10.1. The molecule has 3 aromatic rings. The number of aliphatic imine (C=N–C) groups is 2. The van der Waals surface area contributed by atoms with E-state index in [0.29, 0.717) is 41.2 Å². The molecule has 43 heavy (non-hydrogen) atoms. The monoisotopic (exact) mass is 597 g/mol. The molecule has 0 saturated heterocycles. The highest BCUT2D eigenvalue weighted by atomic mass is 32.2. The van der Waals surface area contributed by atoms with E-state index in [1.165, 1.54) is 11.8 Å². The number of hydrogen-bond acceptors (Lipinski definition) is 8. The first-order valence-corrected chi connectivity index (χ1v) is 15.1. The van der Waals surface area contributed by atoms with Crippen LogP contribution in [0.15, 0.2) is 76.7 Å². The summed E-state index contributed by atoms with van der Waals surface area (Å²) in [4.78, 5) is 50.4. The smallest absolute Gasteiger partial charge is 0.270 e. The Morgan fingerprint density at radius 3 is 2.72 bits per heavy atom. The van der Waals surface area contributed by atoms with Crippen molar-refractivity contribution < 1.29 is 23.9 Å². The van der Waals surface area contributed by atoms with Gasteiger partial charge in [-0.15, -0.1) is 0 Å². The standard InChI is InChI=1S/C32H31N5O5S/c1-3-27(31(40)34-21-8-6-7-19(2)15-21)43-32-35-23-10-5-4-9-22(23)29-36-30(39)24(37(29)32)12-14-28(38)33-17-20-11-13-25-26(16-20)42-18-41-25/h4-11,13,15-16,24,27H,3,12,14,17-18H2,1-2H3,(H,33,38)(H,34,40). The Morgan fingerprint density at radius 1 is 1.05 bits per heavy atom. The van der Waals surface area contributed by atoms with E-state index < -0.39 is 11.3 Å². The number of carbonyl (C=O) groups excluding carboxylic acids is 3. The molecule has 10 nitrogen and oxygen atoms in total. The first-order valence-electron chi connectivity index (χ1n) is 14.2. The van der Waals surface area contributed by atoms with Crippen LogP contribution in [0.5, 0.6) is 11.5 Å². The van der Waals surface area contributed by atoms with Gasteiger partial charge in [0.2, 0.25) is 18.6 Å². The normalized spacial score (nSPS) is 17.0. The third-order valence-electron chi connectivity index (χ3n) is 7.38. The number of amidine groups is 2. The van der Waals surface area contributed by atoms with E-state index in [1.807, 2.05) is 80.6 Å². The van der Waals surface area contributed by atoms with Gasteiger partial charge in [0.25, 0.3) is 5.91 Å². The molecule has 2 N–H and O–H groups in total. The maximum absolute atomic E-state index is 13.3. The van der Waals surface area contributed by atoms with Crippen LogP contribution in [0.2, 0.25) is 0 Å². The van der Waals surface area contributed by atoms with E-state index in [9.17, 15) is 14.4 Å². The third kappa shape index (κ3) is 6.12. The maximum Gasteiger partial charge on any atom is 0.270 e. The predicted molar refractivity (Wildman–Crippen MR) is 166 cm³/mol. The SMILES string of the molecule is CCC(SC1=Nc2ccccc2C2=NC(=O)C(CCC(=O)NCc3ccc4c(c3)OCO4)N12)C(=O)Nc1cccc(C)c1. The van der Waals surface area contributed by atoms with Crippen molar-refractivity contribution in [3.05, 3.63) is 83.4 Å². The van der Waals surface area contributed by atoms with Crippen molar-refractivity contribution in [2.24, 2.45) is 9.98 Å². The molecule has 6 rings (SSSR count). The Hall–Kier alpha value is -4.64. The van der Waals surface area contributed by atoms with Gasteiger partial charge in [-0.2, -0.15) is 4.99 Å². The summed E-state index contributed by atoms with van der Waals surface area (Å²) in [7, 11) is 0. The summed E-state index contributed by atoms with van der Waals surface area (Å²) in [5, 5.41) is 5.97. The van der Waals surface area contributed by atoms with Crippen LogP contribution in [-0.2, 0) is 20.9 Å². The number of hydrogen-bond donors (Lipinski definition) is 2. The zero-order valence-corrected chi connectivity index (χ0v) is 24.6. The van der Waals surface area contributed by atoms with E-state index >= 15 is 0 Å². The molecule has 2 atom stereocenters. The number of amides is 3.